The smallest absolute Gasteiger partial charge is 0.161 e. The van der Waals surface area contributed by atoms with Gasteiger partial charge in [0.15, 0.2) is 11.5 Å². The minimum absolute atomic E-state index is 0.171. The molecule has 10 heteroatoms. The van der Waals surface area contributed by atoms with E-state index in [9.17, 15) is 9.50 Å². The predicted octanol–water partition coefficient (Wildman–Crippen LogP) is 4.54. The van der Waals surface area contributed by atoms with Crippen molar-refractivity contribution >= 4 is 27.8 Å². The molecule has 0 aliphatic heterocycles. The van der Waals surface area contributed by atoms with Crippen LogP contribution in [0.5, 0.6) is 5.75 Å². The van der Waals surface area contributed by atoms with Crippen LogP contribution in [0.3, 0.4) is 0 Å². The maximum absolute atomic E-state index is 13.9. The zero-order chi connectivity index (χ0) is 24.1. The Hall–Kier alpha value is -4.86. The summed E-state index contributed by atoms with van der Waals surface area (Å²) >= 11 is 0. The van der Waals surface area contributed by atoms with Crippen LogP contribution in [0.2, 0.25) is 0 Å². The molecule has 0 aliphatic rings. The van der Waals surface area contributed by atoms with E-state index in [0.717, 1.165) is 28.5 Å². The molecule has 0 bridgehead atoms. The molecule has 0 fully saturated rings. The molecular formula is C25H19FN8O. The lowest BCUT2D eigenvalue weighted by molar-refractivity contribution is 0.469. The quantitative estimate of drug-likeness (QED) is 0.349. The highest BCUT2D eigenvalue weighted by Crippen LogP contribution is 2.33. The summed E-state index contributed by atoms with van der Waals surface area (Å²) in [5, 5.41) is 17.3. The maximum Gasteiger partial charge on any atom is 0.161 e. The first-order valence-electron chi connectivity index (χ1n) is 10.8. The summed E-state index contributed by atoms with van der Waals surface area (Å²) in [7, 11) is 3.92. The number of benzene rings is 1. The van der Waals surface area contributed by atoms with Crippen LogP contribution in [0.25, 0.3) is 56.0 Å². The molecule has 0 aliphatic carbocycles. The largest absolute Gasteiger partial charge is 0.508 e. The lowest BCUT2D eigenvalue weighted by atomic mass is 10.1. The number of fused-ring (bicyclic) bond motifs is 2. The first-order valence-corrected chi connectivity index (χ1v) is 10.8. The maximum atomic E-state index is 13.9. The molecule has 0 amide bonds. The van der Waals surface area contributed by atoms with Gasteiger partial charge in [-0.25, -0.2) is 14.4 Å². The summed E-state index contributed by atoms with van der Waals surface area (Å²) in [6.07, 6.45) is 6.80. The van der Waals surface area contributed by atoms with Gasteiger partial charge in [-0.05, 0) is 35.9 Å². The fourth-order valence-corrected chi connectivity index (χ4v) is 4.02. The zero-order valence-corrected chi connectivity index (χ0v) is 18.8. The Balaban J connectivity index is 1.48. The Morgan fingerprint density at radius 1 is 0.857 bits per heavy atom. The average molecular weight is 466 g/mol. The minimum atomic E-state index is -0.546. The fourth-order valence-electron chi connectivity index (χ4n) is 4.02. The van der Waals surface area contributed by atoms with Gasteiger partial charge < -0.3 is 15.0 Å². The minimum Gasteiger partial charge on any atom is -0.508 e. The van der Waals surface area contributed by atoms with Crippen LogP contribution in [-0.2, 0) is 0 Å². The summed E-state index contributed by atoms with van der Waals surface area (Å²) < 4.78 is 13.9. The third kappa shape index (κ3) is 3.61. The third-order valence-electron chi connectivity index (χ3n) is 5.76. The Morgan fingerprint density at radius 2 is 1.71 bits per heavy atom. The van der Waals surface area contributed by atoms with Gasteiger partial charge in [-0.3, -0.25) is 15.1 Å². The molecule has 3 N–H and O–H groups in total. The van der Waals surface area contributed by atoms with Crippen molar-refractivity contribution in [1.29, 1.82) is 0 Å². The molecule has 0 saturated carbocycles. The molecule has 35 heavy (non-hydrogen) atoms. The van der Waals surface area contributed by atoms with E-state index in [1.54, 1.807) is 24.8 Å². The highest BCUT2D eigenvalue weighted by atomic mass is 19.1. The number of anilines is 1. The van der Waals surface area contributed by atoms with Crippen LogP contribution in [0, 0.1) is 5.82 Å². The number of halogens is 1. The van der Waals surface area contributed by atoms with Gasteiger partial charge in [-0.15, -0.1) is 0 Å². The van der Waals surface area contributed by atoms with Crippen LogP contribution in [0.4, 0.5) is 10.1 Å². The van der Waals surface area contributed by atoms with Gasteiger partial charge in [0.1, 0.15) is 17.1 Å². The summed E-state index contributed by atoms with van der Waals surface area (Å²) in [6, 6.07) is 9.71. The molecule has 5 aromatic heterocycles. The first kappa shape index (κ1) is 20.7. The number of aromatic amines is 2. The second-order valence-electron chi connectivity index (χ2n) is 8.36. The molecule has 9 nitrogen and oxygen atoms in total. The lowest BCUT2D eigenvalue weighted by Gasteiger charge is -2.12. The number of nitrogens with zero attached hydrogens (tertiary/aromatic N) is 6. The number of rotatable bonds is 4. The number of nitrogens with one attached hydrogen (secondary N) is 2. The van der Waals surface area contributed by atoms with Gasteiger partial charge >= 0.3 is 0 Å². The third-order valence-corrected chi connectivity index (χ3v) is 5.76. The van der Waals surface area contributed by atoms with Gasteiger partial charge in [-0.1, -0.05) is 0 Å². The van der Waals surface area contributed by atoms with E-state index < -0.39 is 5.82 Å². The Kier molecular flexibility index (Phi) is 4.66. The van der Waals surface area contributed by atoms with Crippen LogP contribution < -0.4 is 4.90 Å². The SMILES string of the molecule is CN(C)c1cncc(-c2ccc3[nH]nc(-c4nc5c(-c6cc(O)cc(F)c6)cncc5[nH]4)c3n2)c1. The number of H-pyrrole nitrogens is 2. The second-order valence-corrected chi connectivity index (χ2v) is 8.36. The van der Waals surface area contributed by atoms with Crippen LogP contribution >= 0.6 is 0 Å². The first-order chi connectivity index (χ1) is 17.0. The van der Waals surface area contributed by atoms with E-state index in [2.05, 4.69) is 25.1 Å². The number of hydrogen-bond donors (Lipinski definition) is 3. The lowest BCUT2D eigenvalue weighted by Crippen LogP contribution is -2.08. The topological polar surface area (TPSA) is 120 Å². The second kappa shape index (κ2) is 7.87. The van der Waals surface area contributed by atoms with Crippen molar-refractivity contribution in [2.75, 3.05) is 19.0 Å². The van der Waals surface area contributed by atoms with Crippen molar-refractivity contribution in [1.82, 2.24) is 35.1 Å². The molecule has 0 radical (unpaired) electrons. The molecule has 0 atom stereocenters. The molecule has 6 rings (SSSR count). The van der Waals surface area contributed by atoms with Gasteiger partial charge in [0.2, 0.25) is 0 Å². The van der Waals surface area contributed by atoms with E-state index in [-0.39, 0.29) is 5.75 Å². The highest BCUT2D eigenvalue weighted by Gasteiger charge is 2.18. The highest BCUT2D eigenvalue weighted by molar-refractivity contribution is 5.96. The van der Waals surface area contributed by atoms with E-state index in [4.69, 9.17) is 9.97 Å². The van der Waals surface area contributed by atoms with Crippen molar-refractivity contribution in [3.63, 3.8) is 0 Å². The number of imidazole rings is 1. The molecule has 0 spiro atoms. The van der Waals surface area contributed by atoms with Crippen molar-refractivity contribution < 1.29 is 9.50 Å². The number of aromatic hydroxyl groups is 1. The molecule has 6 aromatic rings. The summed E-state index contributed by atoms with van der Waals surface area (Å²) in [5.41, 5.74) is 6.84. The van der Waals surface area contributed by atoms with E-state index in [1.807, 2.05) is 37.2 Å². The van der Waals surface area contributed by atoms with Gasteiger partial charge in [0.25, 0.3) is 0 Å². The monoisotopic (exact) mass is 466 g/mol. The van der Waals surface area contributed by atoms with Crippen LogP contribution in [-0.4, -0.2) is 54.3 Å². The molecule has 172 valence electrons. The number of phenolic OH excluding ortho intramolecular Hbond substituents is 1. The Morgan fingerprint density at radius 3 is 2.54 bits per heavy atom. The molecule has 0 saturated heterocycles. The summed E-state index contributed by atoms with van der Waals surface area (Å²) in [5.74, 6) is -0.225. The predicted molar refractivity (Wildman–Crippen MR) is 131 cm³/mol. The van der Waals surface area contributed by atoms with E-state index >= 15 is 0 Å². The average Bonchev–Trinajstić information content (AvgIpc) is 3.47. The molecular weight excluding hydrogens is 447 g/mol. The van der Waals surface area contributed by atoms with Crippen molar-refractivity contribution in [2.45, 2.75) is 0 Å². The van der Waals surface area contributed by atoms with Gasteiger partial charge in [0, 0.05) is 43.7 Å². The van der Waals surface area contributed by atoms with E-state index in [1.165, 1.54) is 12.1 Å². The van der Waals surface area contributed by atoms with E-state index in [0.29, 0.717) is 39.2 Å². The summed E-state index contributed by atoms with van der Waals surface area (Å²) in [4.78, 5) is 23.4. The molecule has 1 aromatic carbocycles. The fraction of sp³-hybridized carbons (Fsp3) is 0.0800. The van der Waals surface area contributed by atoms with Crippen LogP contribution in [0.15, 0.2) is 61.2 Å². The normalized spacial score (nSPS) is 11.4. The standard InChI is InChI=1S/C25H19FN8O/c1-34(2)16-6-14(9-27-10-16)19-3-4-20-23(29-19)24(33-32-20)25-30-21-12-28-11-18(22(21)31-25)13-5-15(26)8-17(35)7-13/h3-12,35H,1-2H3,(H,30,31)(H,32,33). The zero-order valence-electron chi connectivity index (χ0n) is 18.8. The number of phenols is 1. The van der Waals surface area contributed by atoms with Crippen molar-refractivity contribution in [2.24, 2.45) is 0 Å². The van der Waals surface area contributed by atoms with Crippen LogP contribution in [0.1, 0.15) is 0 Å². The summed E-state index contributed by atoms with van der Waals surface area (Å²) in [6.45, 7) is 0. The molecule has 0 unspecified atom stereocenters. The Labute approximate surface area is 198 Å². The number of pyridine rings is 3. The number of aromatic nitrogens is 7. The molecule has 5 heterocycles. The Bertz CT molecular complexity index is 1700. The van der Waals surface area contributed by atoms with Gasteiger partial charge in [0.05, 0.1) is 40.3 Å². The van der Waals surface area contributed by atoms with Gasteiger partial charge in [-0.2, -0.15) is 5.10 Å². The number of hydrogen-bond acceptors (Lipinski definition) is 7. The van der Waals surface area contributed by atoms with Crippen molar-refractivity contribution in [3.05, 3.63) is 67.0 Å². The van der Waals surface area contributed by atoms with Crippen molar-refractivity contribution in [3.8, 4) is 39.7 Å².